The third kappa shape index (κ3) is 5.60. The second kappa shape index (κ2) is 6.74. The maximum absolute atomic E-state index is 11.6. The molecule has 0 saturated carbocycles. The molecule has 0 saturated heterocycles. The number of hydrogen-bond donors (Lipinski definition) is 1. The Labute approximate surface area is 127 Å². The van der Waals surface area contributed by atoms with E-state index >= 15 is 0 Å². The fourth-order valence-corrected chi connectivity index (χ4v) is 1.25. The van der Waals surface area contributed by atoms with Crippen molar-refractivity contribution in [3.8, 4) is 0 Å². The van der Waals surface area contributed by atoms with E-state index in [4.69, 9.17) is 34.8 Å². The number of benzene rings is 1. The van der Waals surface area contributed by atoms with E-state index < -0.39 is 27.3 Å². The number of nitro groups is 1. The summed E-state index contributed by atoms with van der Waals surface area (Å²) < 4.78 is 2.70. The van der Waals surface area contributed by atoms with Crippen molar-refractivity contribution in [3.63, 3.8) is 0 Å². The van der Waals surface area contributed by atoms with Crippen LogP contribution in [0.25, 0.3) is 0 Å². The molecule has 0 heterocycles. The largest absolute Gasteiger partial charge is 0.445 e. The lowest BCUT2D eigenvalue weighted by molar-refractivity contribution is -0.384. The Morgan fingerprint density at radius 2 is 1.80 bits per heavy atom. The number of hydrogen-bond acceptors (Lipinski definition) is 5. The molecule has 10 heteroatoms. The van der Waals surface area contributed by atoms with E-state index in [2.05, 4.69) is 4.74 Å². The normalized spacial score (nSPS) is 10.8. The van der Waals surface area contributed by atoms with Crippen molar-refractivity contribution in [1.82, 2.24) is 5.32 Å². The van der Waals surface area contributed by atoms with Crippen molar-refractivity contribution in [3.05, 3.63) is 39.9 Å². The average Bonchev–Trinajstić information content (AvgIpc) is 2.35. The van der Waals surface area contributed by atoms with Crippen molar-refractivity contribution >= 4 is 52.5 Å². The number of halogens is 3. The summed E-state index contributed by atoms with van der Waals surface area (Å²) in [4.78, 5) is 32.6. The molecular formula is C10H7Cl3N2O5. The molecule has 1 aromatic carbocycles. The first-order chi connectivity index (χ1) is 9.19. The van der Waals surface area contributed by atoms with E-state index in [1.807, 2.05) is 5.32 Å². The molecule has 2 amide bonds. The fraction of sp³-hybridized carbons (Fsp3) is 0.200. The summed E-state index contributed by atoms with van der Waals surface area (Å²) >= 11 is 16.1. The summed E-state index contributed by atoms with van der Waals surface area (Å²) in [5, 5.41) is 12.3. The molecule has 7 nitrogen and oxygen atoms in total. The van der Waals surface area contributed by atoms with Gasteiger partial charge in [-0.05, 0) is 12.1 Å². The van der Waals surface area contributed by atoms with E-state index in [0.29, 0.717) is 0 Å². The van der Waals surface area contributed by atoms with Crippen LogP contribution in [0.5, 0.6) is 0 Å². The number of rotatable bonds is 3. The second-order valence-electron chi connectivity index (χ2n) is 3.45. The van der Waals surface area contributed by atoms with Crippen LogP contribution in [0, 0.1) is 10.1 Å². The van der Waals surface area contributed by atoms with Crippen LogP contribution in [0.1, 0.15) is 10.4 Å². The van der Waals surface area contributed by atoms with Gasteiger partial charge in [-0.1, -0.05) is 34.8 Å². The van der Waals surface area contributed by atoms with Gasteiger partial charge >= 0.3 is 6.09 Å². The molecule has 0 bridgehead atoms. The lowest BCUT2D eigenvalue weighted by Crippen LogP contribution is -2.33. The Balaban J connectivity index is 2.58. The Morgan fingerprint density at radius 3 is 2.25 bits per heavy atom. The van der Waals surface area contributed by atoms with Gasteiger partial charge in [0.1, 0.15) is 6.61 Å². The van der Waals surface area contributed by atoms with E-state index in [-0.39, 0.29) is 11.3 Å². The summed E-state index contributed by atoms with van der Waals surface area (Å²) in [5.74, 6) is -0.797. The third-order valence-corrected chi connectivity index (χ3v) is 2.25. The lowest BCUT2D eigenvalue weighted by Gasteiger charge is -2.11. The molecule has 0 fully saturated rings. The molecule has 0 aromatic heterocycles. The molecule has 0 atom stereocenters. The van der Waals surface area contributed by atoms with Gasteiger partial charge in [-0.25, -0.2) is 4.79 Å². The highest BCUT2D eigenvalue weighted by molar-refractivity contribution is 6.67. The first-order valence-electron chi connectivity index (χ1n) is 4.98. The molecule has 0 radical (unpaired) electrons. The average molecular weight is 342 g/mol. The van der Waals surface area contributed by atoms with Crippen molar-refractivity contribution < 1.29 is 19.2 Å². The van der Waals surface area contributed by atoms with Crippen LogP contribution in [0.4, 0.5) is 10.5 Å². The lowest BCUT2D eigenvalue weighted by atomic mass is 10.2. The number of imide groups is 1. The fourth-order valence-electron chi connectivity index (χ4n) is 1.08. The van der Waals surface area contributed by atoms with Gasteiger partial charge in [0.2, 0.25) is 3.79 Å². The highest BCUT2D eigenvalue weighted by Crippen LogP contribution is 2.25. The van der Waals surface area contributed by atoms with Crippen LogP contribution in [-0.2, 0) is 4.74 Å². The smallest absolute Gasteiger partial charge is 0.414 e. The summed E-state index contributed by atoms with van der Waals surface area (Å²) in [6, 6.07) is 4.63. The summed E-state index contributed by atoms with van der Waals surface area (Å²) in [5.41, 5.74) is -0.137. The summed E-state index contributed by atoms with van der Waals surface area (Å²) in [6.45, 7) is -0.531. The number of nitrogens with zero attached hydrogens (tertiary/aromatic N) is 1. The number of alkyl carbamates (subject to hydrolysis) is 1. The molecule has 1 N–H and O–H groups in total. The maximum Gasteiger partial charge on any atom is 0.414 e. The van der Waals surface area contributed by atoms with Crippen molar-refractivity contribution in [2.45, 2.75) is 3.79 Å². The molecule has 1 rings (SSSR count). The number of amides is 2. The maximum atomic E-state index is 11.6. The molecule has 108 valence electrons. The first-order valence-corrected chi connectivity index (χ1v) is 6.12. The van der Waals surface area contributed by atoms with Gasteiger partial charge in [-0.2, -0.15) is 0 Å². The van der Waals surface area contributed by atoms with Gasteiger partial charge in [0, 0.05) is 17.7 Å². The number of nitro benzene ring substituents is 1. The third-order valence-electron chi connectivity index (χ3n) is 1.92. The van der Waals surface area contributed by atoms with Gasteiger partial charge in [-0.15, -0.1) is 0 Å². The van der Waals surface area contributed by atoms with Crippen molar-refractivity contribution in [1.29, 1.82) is 0 Å². The minimum Gasteiger partial charge on any atom is -0.445 e. The Morgan fingerprint density at radius 1 is 1.25 bits per heavy atom. The van der Waals surface area contributed by atoms with E-state index in [1.165, 1.54) is 12.1 Å². The standard InChI is InChI=1S/C10H7Cl3N2O5/c11-10(12,13)5-20-9(17)14-8(16)6-1-3-7(4-2-6)15(18)19/h1-4H,5H2,(H,14,16,17). The van der Waals surface area contributed by atoms with Gasteiger partial charge in [0.25, 0.3) is 11.6 Å². The number of carbonyl (C=O) groups is 2. The Hall–Kier alpha value is -1.57. The van der Waals surface area contributed by atoms with Gasteiger partial charge in [0.15, 0.2) is 0 Å². The molecule has 0 aliphatic rings. The number of carbonyl (C=O) groups excluding carboxylic acids is 2. The van der Waals surface area contributed by atoms with Crippen LogP contribution in [0.2, 0.25) is 0 Å². The molecule has 0 aliphatic carbocycles. The van der Waals surface area contributed by atoms with Crippen LogP contribution >= 0.6 is 34.8 Å². The SMILES string of the molecule is O=C(NC(=O)c1ccc([N+](=O)[O-])cc1)OCC(Cl)(Cl)Cl. The Bertz CT molecular complexity index is 527. The molecule has 0 unspecified atom stereocenters. The van der Waals surface area contributed by atoms with Crippen LogP contribution in [0.15, 0.2) is 24.3 Å². The minimum atomic E-state index is -1.78. The molecule has 0 aliphatic heterocycles. The molecular weight excluding hydrogens is 334 g/mol. The minimum absolute atomic E-state index is 0.0430. The van der Waals surface area contributed by atoms with E-state index in [1.54, 1.807) is 0 Å². The topological polar surface area (TPSA) is 98.5 Å². The van der Waals surface area contributed by atoms with Crippen molar-refractivity contribution in [2.24, 2.45) is 0 Å². The van der Waals surface area contributed by atoms with Crippen LogP contribution < -0.4 is 5.32 Å². The number of non-ortho nitro benzene ring substituents is 1. The molecule has 0 spiro atoms. The molecule has 20 heavy (non-hydrogen) atoms. The zero-order chi connectivity index (χ0) is 15.3. The van der Waals surface area contributed by atoms with Gasteiger partial charge in [-0.3, -0.25) is 20.2 Å². The number of nitrogens with one attached hydrogen (secondary N) is 1. The van der Waals surface area contributed by atoms with Gasteiger partial charge < -0.3 is 4.74 Å². The quantitative estimate of drug-likeness (QED) is 0.518. The first kappa shape index (κ1) is 16.5. The number of ether oxygens (including phenoxy) is 1. The zero-order valence-electron chi connectivity index (χ0n) is 9.64. The Kier molecular flexibility index (Phi) is 5.55. The number of alkyl halides is 3. The van der Waals surface area contributed by atoms with Crippen LogP contribution in [-0.4, -0.2) is 27.3 Å². The predicted octanol–water partition coefficient (Wildman–Crippen LogP) is 2.83. The zero-order valence-corrected chi connectivity index (χ0v) is 11.9. The van der Waals surface area contributed by atoms with E-state index in [9.17, 15) is 19.7 Å². The predicted molar refractivity (Wildman–Crippen MR) is 72.2 cm³/mol. The van der Waals surface area contributed by atoms with Gasteiger partial charge in [0.05, 0.1) is 4.92 Å². The monoisotopic (exact) mass is 340 g/mol. The highest BCUT2D eigenvalue weighted by atomic mass is 35.6. The van der Waals surface area contributed by atoms with Crippen LogP contribution in [0.3, 0.4) is 0 Å². The van der Waals surface area contributed by atoms with Crippen molar-refractivity contribution in [2.75, 3.05) is 6.61 Å². The molecule has 1 aromatic rings. The van der Waals surface area contributed by atoms with E-state index in [0.717, 1.165) is 12.1 Å². The summed E-state index contributed by atoms with van der Waals surface area (Å²) in [7, 11) is 0. The highest BCUT2D eigenvalue weighted by Gasteiger charge is 2.23. The summed E-state index contributed by atoms with van der Waals surface area (Å²) in [6.07, 6.45) is -1.10. The second-order valence-corrected chi connectivity index (χ2v) is 5.97.